The highest BCUT2D eigenvalue weighted by Crippen LogP contribution is 2.04. The summed E-state index contributed by atoms with van der Waals surface area (Å²) in [5, 5.41) is 23.2. The summed E-state index contributed by atoms with van der Waals surface area (Å²) in [5.74, 6) is -0.147. The number of aliphatic hydroxyl groups is 1. The average Bonchev–Trinajstić information content (AvgIpc) is 2.49. The fourth-order valence-corrected chi connectivity index (χ4v) is 1.53. The van der Waals surface area contributed by atoms with Crippen LogP contribution in [0.2, 0.25) is 0 Å². The van der Waals surface area contributed by atoms with Crippen molar-refractivity contribution >= 4 is 17.5 Å². The molecule has 0 fully saturated rings. The van der Waals surface area contributed by atoms with E-state index in [1.54, 1.807) is 0 Å². The average molecular weight is 294 g/mol. The van der Waals surface area contributed by atoms with Gasteiger partial charge in [0.15, 0.2) is 0 Å². The Kier molecular flexibility index (Phi) is 7.18. The van der Waals surface area contributed by atoms with Crippen LogP contribution >= 0.6 is 11.6 Å². The quantitative estimate of drug-likeness (QED) is 0.398. The summed E-state index contributed by atoms with van der Waals surface area (Å²) >= 11 is 5.45. The zero-order chi connectivity index (χ0) is 14.8. The molecule has 0 spiro atoms. The third-order valence-corrected chi connectivity index (χ3v) is 2.69. The Morgan fingerprint density at radius 2 is 2.00 bits per heavy atom. The van der Waals surface area contributed by atoms with Crippen LogP contribution in [0.1, 0.15) is 11.1 Å². The van der Waals surface area contributed by atoms with Crippen LogP contribution in [-0.4, -0.2) is 23.4 Å². The minimum absolute atomic E-state index is 0.00194. The molecule has 0 aromatic heterocycles. The SMILES string of the molecule is N#C/C(=C/NCc1ccc(CO)cc1)C(=O)NCCCl. The number of hydrogen-bond acceptors (Lipinski definition) is 4. The van der Waals surface area contributed by atoms with Gasteiger partial charge in [-0.25, -0.2) is 0 Å². The van der Waals surface area contributed by atoms with Gasteiger partial charge in [-0.3, -0.25) is 4.79 Å². The van der Waals surface area contributed by atoms with Crippen molar-refractivity contribution in [2.24, 2.45) is 0 Å². The Balaban J connectivity index is 2.52. The minimum atomic E-state index is -0.448. The van der Waals surface area contributed by atoms with Gasteiger partial charge in [-0.15, -0.1) is 11.6 Å². The van der Waals surface area contributed by atoms with E-state index in [1.807, 2.05) is 30.3 Å². The van der Waals surface area contributed by atoms with Crippen molar-refractivity contribution in [1.29, 1.82) is 5.26 Å². The zero-order valence-electron chi connectivity index (χ0n) is 10.9. The number of hydrogen-bond donors (Lipinski definition) is 3. The van der Waals surface area contributed by atoms with Crippen molar-refractivity contribution in [2.75, 3.05) is 12.4 Å². The van der Waals surface area contributed by atoms with E-state index in [2.05, 4.69) is 10.6 Å². The molecule has 0 heterocycles. The summed E-state index contributed by atoms with van der Waals surface area (Å²) < 4.78 is 0. The molecule has 1 rings (SSSR count). The molecule has 0 aliphatic carbocycles. The van der Waals surface area contributed by atoms with Gasteiger partial charge in [-0.2, -0.15) is 5.26 Å². The van der Waals surface area contributed by atoms with Gasteiger partial charge < -0.3 is 15.7 Å². The lowest BCUT2D eigenvalue weighted by Crippen LogP contribution is -2.27. The van der Waals surface area contributed by atoms with Gasteiger partial charge in [0.05, 0.1) is 6.61 Å². The van der Waals surface area contributed by atoms with E-state index in [9.17, 15) is 4.79 Å². The van der Waals surface area contributed by atoms with Crippen LogP contribution in [-0.2, 0) is 17.9 Å². The maximum atomic E-state index is 11.5. The summed E-state index contributed by atoms with van der Waals surface area (Å²) in [5.41, 5.74) is 1.82. The molecule has 0 aliphatic rings. The van der Waals surface area contributed by atoms with Gasteiger partial charge in [-0.1, -0.05) is 24.3 Å². The Labute approximate surface area is 122 Å². The van der Waals surface area contributed by atoms with E-state index in [0.717, 1.165) is 11.1 Å². The molecule has 5 nitrogen and oxygen atoms in total. The van der Waals surface area contributed by atoms with Crippen LogP contribution in [0.15, 0.2) is 36.0 Å². The first-order valence-electron chi connectivity index (χ1n) is 6.07. The highest BCUT2D eigenvalue weighted by atomic mass is 35.5. The maximum Gasteiger partial charge on any atom is 0.263 e. The van der Waals surface area contributed by atoms with Crippen molar-refractivity contribution in [3.63, 3.8) is 0 Å². The molecule has 0 radical (unpaired) electrons. The van der Waals surface area contributed by atoms with E-state index in [-0.39, 0.29) is 12.2 Å². The molecule has 1 aromatic rings. The molecule has 20 heavy (non-hydrogen) atoms. The summed E-state index contributed by atoms with van der Waals surface area (Å²) in [7, 11) is 0. The Bertz CT molecular complexity index is 506. The monoisotopic (exact) mass is 293 g/mol. The molecule has 6 heteroatoms. The molecule has 0 aliphatic heterocycles. The fourth-order valence-electron chi connectivity index (χ4n) is 1.44. The normalized spacial score (nSPS) is 10.8. The minimum Gasteiger partial charge on any atom is -0.392 e. The lowest BCUT2D eigenvalue weighted by molar-refractivity contribution is -0.117. The second-order valence-corrected chi connectivity index (χ2v) is 4.35. The van der Waals surface area contributed by atoms with Crippen molar-refractivity contribution in [3.05, 3.63) is 47.2 Å². The van der Waals surface area contributed by atoms with Crippen molar-refractivity contribution in [1.82, 2.24) is 10.6 Å². The summed E-state index contributed by atoms with van der Waals surface area (Å²) in [6.07, 6.45) is 1.38. The van der Waals surface area contributed by atoms with Gasteiger partial charge in [0.2, 0.25) is 0 Å². The lowest BCUT2D eigenvalue weighted by Gasteiger charge is -2.04. The third kappa shape index (κ3) is 5.31. The number of aliphatic hydroxyl groups excluding tert-OH is 1. The van der Waals surface area contributed by atoms with E-state index < -0.39 is 5.91 Å². The standard InChI is InChI=1S/C14H16ClN3O2/c15-5-6-18-14(20)13(7-16)9-17-8-11-1-3-12(10-19)4-2-11/h1-4,9,17,19H,5-6,8,10H2,(H,18,20)/b13-9-. The fraction of sp³-hybridized carbons (Fsp3) is 0.286. The predicted octanol–water partition coefficient (Wildman–Crippen LogP) is 1.03. The number of carbonyl (C=O) groups excluding carboxylic acids is 1. The number of nitriles is 1. The Hall–Kier alpha value is -2.03. The van der Waals surface area contributed by atoms with E-state index >= 15 is 0 Å². The van der Waals surface area contributed by atoms with Crippen LogP contribution in [0.4, 0.5) is 0 Å². The first-order valence-corrected chi connectivity index (χ1v) is 6.61. The summed E-state index contributed by atoms with van der Waals surface area (Å²) in [4.78, 5) is 11.5. The van der Waals surface area contributed by atoms with Crippen LogP contribution in [0.5, 0.6) is 0 Å². The van der Waals surface area contributed by atoms with Gasteiger partial charge in [0, 0.05) is 25.2 Å². The number of rotatable bonds is 7. The molecule has 3 N–H and O–H groups in total. The third-order valence-electron chi connectivity index (χ3n) is 2.50. The number of nitrogens with one attached hydrogen (secondary N) is 2. The molecule has 0 saturated carbocycles. The molecule has 1 amide bonds. The van der Waals surface area contributed by atoms with Gasteiger partial charge in [0.25, 0.3) is 5.91 Å². The lowest BCUT2D eigenvalue weighted by atomic mass is 10.1. The van der Waals surface area contributed by atoms with E-state index in [1.165, 1.54) is 6.20 Å². The van der Waals surface area contributed by atoms with Crippen LogP contribution in [0.3, 0.4) is 0 Å². The number of carbonyl (C=O) groups is 1. The highest BCUT2D eigenvalue weighted by molar-refractivity contribution is 6.18. The van der Waals surface area contributed by atoms with Crippen LogP contribution in [0.25, 0.3) is 0 Å². The van der Waals surface area contributed by atoms with Crippen LogP contribution < -0.4 is 10.6 Å². The molecule has 0 atom stereocenters. The van der Waals surface area contributed by atoms with Crippen molar-refractivity contribution in [2.45, 2.75) is 13.2 Å². The molecule has 1 aromatic carbocycles. The second-order valence-electron chi connectivity index (χ2n) is 3.97. The zero-order valence-corrected chi connectivity index (χ0v) is 11.7. The highest BCUT2D eigenvalue weighted by Gasteiger charge is 2.06. The maximum absolute atomic E-state index is 11.5. The first-order chi connectivity index (χ1) is 9.71. The Morgan fingerprint density at radius 1 is 1.35 bits per heavy atom. The van der Waals surface area contributed by atoms with Gasteiger partial charge in [-0.05, 0) is 11.1 Å². The number of alkyl halides is 1. The molecular weight excluding hydrogens is 278 g/mol. The molecule has 0 unspecified atom stereocenters. The van der Waals surface area contributed by atoms with E-state index in [4.69, 9.17) is 22.0 Å². The smallest absolute Gasteiger partial charge is 0.263 e. The molecular formula is C14H16ClN3O2. The number of halogens is 1. The molecule has 106 valence electrons. The largest absolute Gasteiger partial charge is 0.392 e. The van der Waals surface area contributed by atoms with Gasteiger partial charge in [0.1, 0.15) is 11.6 Å². The van der Waals surface area contributed by atoms with E-state index in [0.29, 0.717) is 19.0 Å². The number of nitrogens with zero attached hydrogens (tertiary/aromatic N) is 1. The van der Waals surface area contributed by atoms with Gasteiger partial charge >= 0.3 is 0 Å². The van der Waals surface area contributed by atoms with Crippen molar-refractivity contribution in [3.8, 4) is 6.07 Å². The predicted molar refractivity (Wildman–Crippen MR) is 76.6 cm³/mol. The number of amides is 1. The molecule has 0 saturated heterocycles. The first kappa shape index (κ1) is 16.0. The summed E-state index contributed by atoms with van der Waals surface area (Å²) in [6, 6.07) is 9.20. The second kappa shape index (κ2) is 8.97. The summed E-state index contributed by atoms with van der Waals surface area (Å²) in [6.45, 7) is 0.814. The Morgan fingerprint density at radius 3 is 2.55 bits per heavy atom. The topological polar surface area (TPSA) is 85.2 Å². The number of benzene rings is 1. The molecule has 0 bridgehead atoms. The van der Waals surface area contributed by atoms with Crippen LogP contribution in [0, 0.1) is 11.3 Å². The van der Waals surface area contributed by atoms with Crippen molar-refractivity contribution < 1.29 is 9.90 Å².